The number of aryl methyl sites for hydroxylation is 1. The quantitative estimate of drug-likeness (QED) is 0.670. The smallest absolute Gasteiger partial charge is 0.290 e. The van der Waals surface area contributed by atoms with E-state index in [1.54, 1.807) is 23.7 Å². The molecule has 0 atom stereocenters. The van der Waals surface area contributed by atoms with Gasteiger partial charge in [0.25, 0.3) is 6.47 Å². The van der Waals surface area contributed by atoms with Crippen LogP contribution in [0.1, 0.15) is 37.0 Å². The fourth-order valence-electron chi connectivity index (χ4n) is 3.64. The maximum Gasteiger partial charge on any atom is 0.290 e. The largest absolute Gasteiger partial charge is 0.483 e. The van der Waals surface area contributed by atoms with Gasteiger partial charge in [-0.25, -0.2) is 15.0 Å². The highest BCUT2D eigenvalue weighted by Crippen LogP contribution is 2.32. The number of anilines is 2. The Morgan fingerprint density at radius 1 is 1.17 bits per heavy atom. The fourth-order valence-corrected chi connectivity index (χ4v) is 4.61. The van der Waals surface area contributed by atoms with Gasteiger partial charge in [0.05, 0.1) is 12.4 Å². The van der Waals surface area contributed by atoms with Crippen LogP contribution in [0.5, 0.6) is 0 Å². The number of nitrogens with one attached hydrogen (secondary N) is 1. The molecule has 2 aromatic rings. The molecule has 2 saturated heterocycles. The lowest BCUT2D eigenvalue weighted by atomic mass is 10.1. The van der Waals surface area contributed by atoms with Gasteiger partial charge in [-0.3, -0.25) is 9.59 Å². The first-order chi connectivity index (χ1) is 14.6. The number of nitrogens with zero attached hydrogens (tertiary/aromatic N) is 5. The van der Waals surface area contributed by atoms with Crippen LogP contribution in [0, 0.1) is 6.92 Å². The Bertz CT molecular complexity index is 836. The van der Waals surface area contributed by atoms with Gasteiger partial charge in [0.15, 0.2) is 5.13 Å². The van der Waals surface area contributed by atoms with E-state index in [4.69, 9.17) is 14.9 Å². The van der Waals surface area contributed by atoms with Crippen LogP contribution in [0.15, 0.2) is 12.4 Å². The molecule has 0 radical (unpaired) electrons. The van der Waals surface area contributed by atoms with E-state index in [2.05, 4.69) is 27.1 Å². The molecular weight excluding hydrogens is 404 g/mol. The lowest BCUT2D eigenvalue weighted by Gasteiger charge is -2.25. The third-order valence-corrected chi connectivity index (χ3v) is 6.20. The number of rotatable bonds is 6. The Labute approximate surface area is 180 Å². The Kier molecular flexibility index (Phi) is 7.95. The molecule has 2 aliphatic rings. The molecule has 0 aromatic carbocycles. The summed E-state index contributed by atoms with van der Waals surface area (Å²) in [5, 5.41) is 11.2. The Morgan fingerprint density at radius 2 is 1.93 bits per heavy atom. The topological polar surface area (TPSA) is 112 Å². The molecule has 9 nitrogen and oxygen atoms in total. The minimum absolute atomic E-state index is 0.250. The molecule has 30 heavy (non-hydrogen) atoms. The molecule has 0 aliphatic carbocycles. The number of carbonyl (C=O) groups excluding carboxylic acids is 1. The lowest BCUT2D eigenvalue weighted by molar-refractivity contribution is -0.127. The number of thiazole rings is 1. The second-order valence-electron chi connectivity index (χ2n) is 7.25. The first kappa shape index (κ1) is 21.9. The van der Waals surface area contributed by atoms with E-state index in [0.29, 0.717) is 19.5 Å². The molecule has 10 heteroatoms. The normalized spacial score (nSPS) is 16.2. The predicted octanol–water partition coefficient (Wildman–Crippen LogP) is 2.63. The zero-order valence-electron chi connectivity index (χ0n) is 17.2. The van der Waals surface area contributed by atoms with Gasteiger partial charge in [-0.15, -0.1) is 11.3 Å². The third kappa shape index (κ3) is 5.65. The summed E-state index contributed by atoms with van der Waals surface area (Å²) >= 11 is 1.74. The summed E-state index contributed by atoms with van der Waals surface area (Å²) < 4.78 is 0. The van der Waals surface area contributed by atoms with Crippen molar-refractivity contribution in [2.24, 2.45) is 0 Å². The summed E-state index contributed by atoms with van der Waals surface area (Å²) in [6, 6.07) is 0. The highest BCUT2D eigenvalue weighted by molar-refractivity contribution is 7.16. The van der Waals surface area contributed by atoms with Crippen LogP contribution < -0.4 is 10.2 Å². The van der Waals surface area contributed by atoms with Gasteiger partial charge in [-0.2, -0.15) is 0 Å². The lowest BCUT2D eigenvalue weighted by Crippen LogP contribution is -2.30. The maximum absolute atomic E-state index is 11.6. The van der Waals surface area contributed by atoms with Crippen LogP contribution in [0.4, 0.5) is 10.9 Å². The Hall–Kier alpha value is -2.75. The molecule has 2 aromatic heterocycles. The number of likely N-dealkylation sites (tertiary alicyclic amines) is 1. The summed E-state index contributed by atoms with van der Waals surface area (Å²) in [5.41, 5.74) is 1.74. The zero-order valence-corrected chi connectivity index (χ0v) is 18.0. The van der Waals surface area contributed by atoms with Crippen molar-refractivity contribution in [3.05, 3.63) is 17.3 Å². The van der Waals surface area contributed by atoms with Crippen molar-refractivity contribution in [2.75, 3.05) is 42.9 Å². The van der Waals surface area contributed by atoms with Crippen LogP contribution in [-0.4, -0.2) is 70.1 Å². The maximum atomic E-state index is 11.6. The average molecular weight is 433 g/mol. The summed E-state index contributed by atoms with van der Waals surface area (Å²) in [6.07, 6.45) is 9.00. The highest BCUT2D eigenvalue weighted by atomic mass is 32.1. The van der Waals surface area contributed by atoms with Gasteiger partial charge in [0.2, 0.25) is 5.91 Å². The molecule has 2 N–H and O–H groups in total. The van der Waals surface area contributed by atoms with Crippen molar-refractivity contribution < 1.29 is 14.7 Å². The number of carboxylic acid groups (broad SMARTS) is 1. The van der Waals surface area contributed by atoms with E-state index in [9.17, 15) is 4.79 Å². The van der Waals surface area contributed by atoms with Crippen LogP contribution in [0.2, 0.25) is 0 Å². The predicted molar refractivity (Wildman–Crippen MR) is 117 cm³/mol. The molecule has 1 amide bonds. The second-order valence-corrected chi connectivity index (χ2v) is 8.43. The number of carbonyl (C=O) groups is 2. The standard InChI is InChI=1S/C19H26N6OS.CH2O2/c1-14-18(23-19(27-14)25-8-3-2-4-9-25)15-12-22-16(13-21-15)20-7-11-24-10-5-6-17(24)26;2-1-3/h12-13H,2-11H2,1H3,(H,20,22);1H,(H,2,3). The molecule has 162 valence electrons. The van der Waals surface area contributed by atoms with Gasteiger partial charge in [0.1, 0.15) is 17.2 Å². The minimum atomic E-state index is -0.250. The van der Waals surface area contributed by atoms with E-state index in [1.807, 2.05) is 4.90 Å². The van der Waals surface area contributed by atoms with Gasteiger partial charge in [-0.05, 0) is 32.6 Å². The molecule has 0 bridgehead atoms. The van der Waals surface area contributed by atoms with E-state index < -0.39 is 0 Å². The van der Waals surface area contributed by atoms with E-state index in [0.717, 1.165) is 48.4 Å². The zero-order chi connectivity index (χ0) is 21.3. The number of aromatic nitrogens is 3. The van der Waals surface area contributed by atoms with Gasteiger partial charge in [0, 0.05) is 44.0 Å². The van der Waals surface area contributed by atoms with E-state index in [1.165, 1.54) is 24.1 Å². The molecule has 0 unspecified atom stereocenters. The highest BCUT2D eigenvalue weighted by Gasteiger charge is 2.20. The molecule has 2 fully saturated rings. The molecule has 0 spiro atoms. The Balaban J connectivity index is 0.000000806. The molecular formula is C20H28N6O3S. The first-order valence-electron chi connectivity index (χ1n) is 10.3. The van der Waals surface area contributed by atoms with Crippen LogP contribution in [-0.2, 0) is 9.59 Å². The van der Waals surface area contributed by atoms with Crippen molar-refractivity contribution in [1.29, 1.82) is 0 Å². The van der Waals surface area contributed by atoms with Gasteiger partial charge >= 0.3 is 0 Å². The third-order valence-electron chi connectivity index (χ3n) is 5.17. The average Bonchev–Trinajstić information content (AvgIpc) is 3.35. The number of piperidine rings is 1. The summed E-state index contributed by atoms with van der Waals surface area (Å²) in [6.45, 7) is 6.32. The first-order valence-corrected chi connectivity index (χ1v) is 11.1. The van der Waals surface area contributed by atoms with Crippen molar-refractivity contribution >= 4 is 34.7 Å². The minimum Gasteiger partial charge on any atom is -0.483 e. The summed E-state index contributed by atoms with van der Waals surface area (Å²) in [7, 11) is 0. The SMILES string of the molecule is Cc1sc(N2CCCCC2)nc1-c1cnc(NCCN2CCCC2=O)cn1.O=CO. The van der Waals surface area contributed by atoms with Gasteiger partial charge < -0.3 is 20.2 Å². The van der Waals surface area contributed by atoms with Crippen molar-refractivity contribution in [3.63, 3.8) is 0 Å². The van der Waals surface area contributed by atoms with Crippen LogP contribution in [0.25, 0.3) is 11.4 Å². The molecule has 4 heterocycles. The monoisotopic (exact) mass is 432 g/mol. The second kappa shape index (κ2) is 10.9. The van der Waals surface area contributed by atoms with E-state index in [-0.39, 0.29) is 12.4 Å². The van der Waals surface area contributed by atoms with Crippen molar-refractivity contribution in [1.82, 2.24) is 19.9 Å². The summed E-state index contributed by atoms with van der Waals surface area (Å²) in [4.78, 5) is 39.3. The molecule has 0 saturated carbocycles. The number of hydrogen-bond acceptors (Lipinski definition) is 8. The van der Waals surface area contributed by atoms with E-state index >= 15 is 0 Å². The molecule has 4 rings (SSSR count). The van der Waals surface area contributed by atoms with Crippen LogP contribution >= 0.6 is 11.3 Å². The van der Waals surface area contributed by atoms with Crippen molar-refractivity contribution in [2.45, 2.75) is 39.0 Å². The van der Waals surface area contributed by atoms with Crippen molar-refractivity contribution in [3.8, 4) is 11.4 Å². The fraction of sp³-hybridized carbons (Fsp3) is 0.550. The number of amides is 1. The molecule has 2 aliphatic heterocycles. The van der Waals surface area contributed by atoms with Gasteiger partial charge in [-0.1, -0.05) is 0 Å². The van der Waals surface area contributed by atoms with Crippen LogP contribution in [0.3, 0.4) is 0 Å². The summed E-state index contributed by atoms with van der Waals surface area (Å²) in [5.74, 6) is 0.983. The number of hydrogen-bond donors (Lipinski definition) is 2. The Morgan fingerprint density at radius 3 is 2.57 bits per heavy atom.